The van der Waals surface area contributed by atoms with Crippen LogP contribution >= 0.6 is 0 Å². The lowest BCUT2D eigenvalue weighted by atomic mass is 9.92. The van der Waals surface area contributed by atoms with Gasteiger partial charge in [-0.05, 0) is 13.3 Å². The second-order valence-corrected chi connectivity index (χ2v) is 4.46. The number of hydrogen-bond acceptors (Lipinski definition) is 3. The summed E-state index contributed by atoms with van der Waals surface area (Å²) < 4.78 is 0. The summed E-state index contributed by atoms with van der Waals surface area (Å²) in [6, 6.07) is 0.294. The molecule has 0 aromatic carbocycles. The Morgan fingerprint density at radius 1 is 1.53 bits per heavy atom. The molecule has 0 aromatic rings. The number of carbonyl (C=O) groups excluding carboxylic acids is 2. The van der Waals surface area contributed by atoms with Crippen LogP contribution in [-0.4, -0.2) is 40.8 Å². The maximum absolute atomic E-state index is 11.6. The Kier molecular flexibility index (Phi) is 2.78. The van der Waals surface area contributed by atoms with Crippen LogP contribution in [0.1, 0.15) is 33.1 Å². The van der Waals surface area contributed by atoms with Gasteiger partial charge in [0.05, 0.1) is 12.0 Å². The van der Waals surface area contributed by atoms with E-state index in [2.05, 4.69) is 11.9 Å². The SMILES string of the molecule is CCC[C@@H]1[C@H](C=O)[C@@H](C)N2C(=O)CCN12. The summed E-state index contributed by atoms with van der Waals surface area (Å²) in [5.74, 6) is 0.169. The minimum absolute atomic E-state index is 0.00537. The molecule has 2 saturated heterocycles. The molecule has 2 aliphatic rings. The Morgan fingerprint density at radius 3 is 2.87 bits per heavy atom. The first-order valence-electron chi connectivity index (χ1n) is 5.74. The second kappa shape index (κ2) is 3.93. The third-order valence-corrected chi connectivity index (χ3v) is 3.60. The van der Waals surface area contributed by atoms with Gasteiger partial charge in [0.2, 0.25) is 5.91 Å². The van der Waals surface area contributed by atoms with Crippen molar-refractivity contribution < 1.29 is 9.59 Å². The van der Waals surface area contributed by atoms with Crippen molar-refractivity contribution in [3.8, 4) is 0 Å². The fourth-order valence-corrected chi connectivity index (χ4v) is 2.89. The van der Waals surface area contributed by atoms with Crippen molar-refractivity contribution in [3.63, 3.8) is 0 Å². The molecule has 0 saturated carbocycles. The average molecular weight is 210 g/mol. The van der Waals surface area contributed by atoms with Crippen LogP contribution in [0.3, 0.4) is 0 Å². The number of nitrogens with zero attached hydrogens (tertiary/aromatic N) is 2. The third kappa shape index (κ3) is 1.47. The molecule has 0 radical (unpaired) electrons. The molecule has 0 aliphatic carbocycles. The molecule has 1 amide bonds. The van der Waals surface area contributed by atoms with Crippen LogP contribution in [0.15, 0.2) is 0 Å². The number of aldehydes is 1. The Morgan fingerprint density at radius 2 is 2.27 bits per heavy atom. The van der Waals surface area contributed by atoms with Crippen LogP contribution in [0, 0.1) is 5.92 Å². The van der Waals surface area contributed by atoms with Gasteiger partial charge in [0.15, 0.2) is 0 Å². The molecule has 15 heavy (non-hydrogen) atoms. The van der Waals surface area contributed by atoms with Crippen LogP contribution < -0.4 is 0 Å². The van der Waals surface area contributed by atoms with E-state index in [0.29, 0.717) is 6.42 Å². The molecular weight excluding hydrogens is 192 g/mol. The highest BCUT2D eigenvalue weighted by atomic mass is 16.2. The van der Waals surface area contributed by atoms with Gasteiger partial charge in [-0.15, -0.1) is 0 Å². The smallest absolute Gasteiger partial charge is 0.238 e. The molecule has 4 heteroatoms. The second-order valence-electron chi connectivity index (χ2n) is 4.46. The van der Waals surface area contributed by atoms with Crippen molar-refractivity contribution in [2.45, 2.75) is 45.2 Å². The zero-order chi connectivity index (χ0) is 11.0. The van der Waals surface area contributed by atoms with E-state index in [0.717, 1.165) is 25.7 Å². The van der Waals surface area contributed by atoms with Crippen molar-refractivity contribution in [3.05, 3.63) is 0 Å². The predicted molar refractivity (Wildman–Crippen MR) is 55.9 cm³/mol. The lowest BCUT2D eigenvalue weighted by Gasteiger charge is -2.25. The molecule has 0 N–H and O–H groups in total. The van der Waals surface area contributed by atoms with Gasteiger partial charge in [-0.1, -0.05) is 13.3 Å². The standard InChI is InChI=1S/C11H18N2O2/c1-3-4-10-9(7-14)8(2)13-11(15)5-6-12(10)13/h7-10H,3-6H2,1-2H3/t8-,9-,10-/m1/s1. The fourth-order valence-electron chi connectivity index (χ4n) is 2.89. The third-order valence-electron chi connectivity index (χ3n) is 3.60. The minimum atomic E-state index is -0.00537. The Hall–Kier alpha value is -0.900. The van der Waals surface area contributed by atoms with E-state index in [-0.39, 0.29) is 23.9 Å². The quantitative estimate of drug-likeness (QED) is 0.648. The first-order valence-corrected chi connectivity index (χ1v) is 5.74. The molecule has 3 atom stereocenters. The number of carbonyl (C=O) groups is 2. The molecule has 0 spiro atoms. The van der Waals surface area contributed by atoms with Crippen molar-refractivity contribution >= 4 is 12.2 Å². The summed E-state index contributed by atoms with van der Waals surface area (Å²) in [4.78, 5) is 22.7. The van der Waals surface area contributed by atoms with Crippen molar-refractivity contribution in [1.29, 1.82) is 0 Å². The van der Waals surface area contributed by atoms with E-state index >= 15 is 0 Å². The maximum Gasteiger partial charge on any atom is 0.238 e. The van der Waals surface area contributed by atoms with Gasteiger partial charge in [0, 0.05) is 19.0 Å². The average Bonchev–Trinajstić information content (AvgIpc) is 2.70. The zero-order valence-corrected chi connectivity index (χ0v) is 9.35. The first kappa shape index (κ1) is 10.6. The molecular formula is C11H18N2O2. The lowest BCUT2D eigenvalue weighted by molar-refractivity contribution is -0.138. The molecule has 2 rings (SSSR count). The first-order chi connectivity index (χ1) is 7.20. The highest BCUT2D eigenvalue weighted by molar-refractivity contribution is 5.79. The van der Waals surface area contributed by atoms with Gasteiger partial charge < -0.3 is 4.79 Å². The monoisotopic (exact) mass is 210 g/mol. The van der Waals surface area contributed by atoms with E-state index in [1.165, 1.54) is 0 Å². The zero-order valence-electron chi connectivity index (χ0n) is 9.35. The Balaban J connectivity index is 2.22. The predicted octanol–water partition coefficient (Wildman–Crippen LogP) is 0.822. The maximum atomic E-state index is 11.6. The van der Waals surface area contributed by atoms with Gasteiger partial charge in [-0.2, -0.15) is 0 Å². The molecule has 4 nitrogen and oxygen atoms in total. The summed E-state index contributed by atoms with van der Waals surface area (Å²) in [6.45, 7) is 4.89. The van der Waals surface area contributed by atoms with Crippen molar-refractivity contribution in [1.82, 2.24) is 10.0 Å². The van der Waals surface area contributed by atoms with Gasteiger partial charge in [-0.25, -0.2) is 5.01 Å². The van der Waals surface area contributed by atoms with Gasteiger partial charge in [0.1, 0.15) is 6.29 Å². The molecule has 0 unspecified atom stereocenters. The number of hydrazine groups is 1. The Labute approximate surface area is 90.2 Å². The summed E-state index contributed by atoms with van der Waals surface area (Å²) >= 11 is 0. The summed E-state index contributed by atoms with van der Waals surface area (Å²) in [5, 5.41) is 3.91. The molecule has 2 heterocycles. The largest absolute Gasteiger partial charge is 0.303 e. The van der Waals surface area contributed by atoms with Crippen LogP contribution in [0.2, 0.25) is 0 Å². The Bertz CT molecular complexity index is 280. The summed E-state index contributed by atoms with van der Waals surface area (Å²) in [6.07, 6.45) is 3.69. The highest BCUT2D eigenvalue weighted by Gasteiger charge is 2.49. The van der Waals surface area contributed by atoms with E-state index in [4.69, 9.17) is 0 Å². The van der Waals surface area contributed by atoms with Gasteiger partial charge >= 0.3 is 0 Å². The normalized spacial score (nSPS) is 36.0. The number of rotatable bonds is 3. The summed E-state index contributed by atoms with van der Waals surface area (Å²) in [5.41, 5.74) is 0. The molecule has 2 fully saturated rings. The molecule has 2 aliphatic heterocycles. The fraction of sp³-hybridized carbons (Fsp3) is 0.818. The van der Waals surface area contributed by atoms with Gasteiger partial charge in [-0.3, -0.25) is 9.80 Å². The number of amides is 1. The summed E-state index contributed by atoms with van der Waals surface area (Å²) in [7, 11) is 0. The van der Waals surface area contributed by atoms with Crippen LogP contribution in [-0.2, 0) is 9.59 Å². The van der Waals surface area contributed by atoms with Crippen molar-refractivity contribution in [2.24, 2.45) is 5.92 Å². The van der Waals surface area contributed by atoms with E-state index in [1.807, 2.05) is 6.92 Å². The van der Waals surface area contributed by atoms with Crippen LogP contribution in [0.4, 0.5) is 0 Å². The van der Waals surface area contributed by atoms with E-state index < -0.39 is 0 Å². The molecule has 84 valence electrons. The minimum Gasteiger partial charge on any atom is -0.303 e. The molecule has 0 aromatic heterocycles. The number of fused-ring (bicyclic) bond motifs is 1. The lowest BCUT2D eigenvalue weighted by Crippen LogP contribution is -2.39. The van der Waals surface area contributed by atoms with Crippen molar-refractivity contribution in [2.75, 3.05) is 6.54 Å². The number of hydrogen-bond donors (Lipinski definition) is 0. The van der Waals surface area contributed by atoms with E-state index in [9.17, 15) is 9.59 Å². The van der Waals surface area contributed by atoms with Crippen LogP contribution in [0.5, 0.6) is 0 Å². The van der Waals surface area contributed by atoms with Gasteiger partial charge in [0.25, 0.3) is 0 Å². The molecule has 0 bridgehead atoms. The highest BCUT2D eigenvalue weighted by Crippen LogP contribution is 2.35. The van der Waals surface area contributed by atoms with E-state index in [1.54, 1.807) is 5.01 Å². The topological polar surface area (TPSA) is 40.6 Å². The van der Waals surface area contributed by atoms with Crippen LogP contribution in [0.25, 0.3) is 0 Å².